The number of carbonyl (C=O) groups excluding carboxylic acids is 3. The lowest BCUT2D eigenvalue weighted by atomic mass is 9.53. The van der Waals surface area contributed by atoms with E-state index in [1.54, 1.807) is 0 Å². The maximum Gasteiger partial charge on any atom is 0.315 e. The molecule has 4 bridgehead atoms. The van der Waals surface area contributed by atoms with E-state index in [4.69, 9.17) is 0 Å². The van der Waals surface area contributed by atoms with Crippen molar-refractivity contribution in [2.24, 2.45) is 17.8 Å². The number of carbonyl (C=O) groups is 3. The predicted molar refractivity (Wildman–Crippen MR) is 96.2 cm³/mol. The number of nitrogens with one attached hydrogen (secondary N) is 4. The van der Waals surface area contributed by atoms with Crippen molar-refractivity contribution in [3.63, 3.8) is 0 Å². The van der Waals surface area contributed by atoms with Crippen LogP contribution in [0.2, 0.25) is 0 Å². The number of rotatable bonds is 5. The van der Waals surface area contributed by atoms with Gasteiger partial charge >= 0.3 is 6.03 Å². The van der Waals surface area contributed by atoms with Crippen LogP contribution in [-0.2, 0) is 9.59 Å². The summed E-state index contributed by atoms with van der Waals surface area (Å²) in [4.78, 5) is 36.0. The lowest BCUT2D eigenvalue weighted by molar-refractivity contribution is -0.130. The molecule has 0 radical (unpaired) electrons. The molecule has 4 aliphatic carbocycles. The SMILES string of the molecule is O=C(CCNC(=O)NC12CC3CC(CC(C3)C1)C2)NC1CCCNC1=O. The molecule has 0 aromatic rings. The third-order valence-corrected chi connectivity index (χ3v) is 6.68. The van der Waals surface area contributed by atoms with Crippen molar-refractivity contribution in [2.75, 3.05) is 13.1 Å². The molecule has 1 saturated heterocycles. The molecule has 1 aliphatic heterocycles. The van der Waals surface area contributed by atoms with Gasteiger partial charge in [0.2, 0.25) is 11.8 Å². The average molecular weight is 362 g/mol. The molecule has 7 nitrogen and oxygen atoms in total. The first kappa shape index (κ1) is 17.6. The van der Waals surface area contributed by atoms with E-state index < -0.39 is 6.04 Å². The van der Waals surface area contributed by atoms with Gasteiger partial charge in [-0.05, 0) is 69.1 Å². The molecule has 4 N–H and O–H groups in total. The van der Waals surface area contributed by atoms with E-state index in [1.807, 2.05) is 0 Å². The summed E-state index contributed by atoms with van der Waals surface area (Å²) in [5.74, 6) is 2.05. The molecular weight excluding hydrogens is 332 g/mol. The van der Waals surface area contributed by atoms with Gasteiger partial charge < -0.3 is 21.3 Å². The number of hydrogen-bond acceptors (Lipinski definition) is 3. The fourth-order valence-electron chi connectivity index (χ4n) is 6.01. The highest BCUT2D eigenvalue weighted by Crippen LogP contribution is 2.55. The van der Waals surface area contributed by atoms with Gasteiger partial charge in [-0.1, -0.05) is 0 Å². The van der Waals surface area contributed by atoms with Gasteiger partial charge in [-0.25, -0.2) is 4.79 Å². The lowest BCUT2D eigenvalue weighted by Gasteiger charge is -2.56. The second-order valence-electron chi connectivity index (χ2n) is 8.88. The molecule has 5 aliphatic rings. The first-order valence-corrected chi connectivity index (χ1v) is 10.1. The quantitative estimate of drug-likeness (QED) is 0.588. The van der Waals surface area contributed by atoms with Gasteiger partial charge in [0.25, 0.3) is 0 Å². The standard InChI is InChI=1S/C19H30N4O3/c24-16(22-15-2-1-4-20-17(15)25)3-5-21-18(26)23-19-9-12-6-13(10-19)8-14(7-12)11-19/h12-15H,1-11H2,(H,20,25)(H,22,24)(H2,21,23,26). The minimum atomic E-state index is -0.433. The van der Waals surface area contributed by atoms with Crippen LogP contribution in [0, 0.1) is 17.8 Å². The largest absolute Gasteiger partial charge is 0.354 e. The Hall–Kier alpha value is -1.79. The molecule has 144 valence electrons. The Bertz CT molecular complexity index is 556. The maximum atomic E-state index is 12.3. The van der Waals surface area contributed by atoms with Gasteiger partial charge in [-0.15, -0.1) is 0 Å². The van der Waals surface area contributed by atoms with Crippen molar-refractivity contribution in [3.05, 3.63) is 0 Å². The third kappa shape index (κ3) is 3.81. The Morgan fingerprint density at radius 2 is 1.73 bits per heavy atom. The van der Waals surface area contributed by atoms with Crippen molar-refractivity contribution < 1.29 is 14.4 Å². The highest BCUT2D eigenvalue weighted by atomic mass is 16.2. The molecular formula is C19H30N4O3. The van der Waals surface area contributed by atoms with Crippen molar-refractivity contribution in [3.8, 4) is 0 Å². The van der Waals surface area contributed by atoms with E-state index in [0.29, 0.717) is 19.5 Å². The molecule has 0 aromatic heterocycles. The summed E-state index contributed by atoms with van der Waals surface area (Å²) in [5, 5.41) is 11.6. The first-order valence-electron chi connectivity index (χ1n) is 10.1. The number of urea groups is 1. The third-order valence-electron chi connectivity index (χ3n) is 6.68. The first-order chi connectivity index (χ1) is 12.5. The summed E-state index contributed by atoms with van der Waals surface area (Å²) in [7, 11) is 0. The molecule has 1 heterocycles. The predicted octanol–water partition coefficient (Wildman–Crippen LogP) is 1.04. The molecule has 7 heteroatoms. The average Bonchev–Trinajstić information content (AvgIpc) is 2.55. The van der Waals surface area contributed by atoms with E-state index in [9.17, 15) is 14.4 Å². The van der Waals surface area contributed by atoms with Crippen LogP contribution in [0.25, 0.3) is 0 Å². The highest BCUT2D eigenvalue weighted by Gasteiger charge is 2.51. The molecule has 4 amide bonds. The fraction of sp³-hybridized carbons (Fsp3) is 0.842. The monoisotopic (exact) mass is 362 g/mol. The Labute approximate surface area is 154 Å². The van der Waals surface area contributed by atoms with Crippen molar-refractivity contribution in [2.45, 2.75) is 69.4 Å². The zero-order valence-corrected chi connectivity index (χ0v) is 15.3. The topological polar surface area (TPSA) is 99.3 Å². The highest BCUT2D eigenvalue weighted by molar-refractivity contribution is 5.88. The van der Waals surface area contributed by atoms with E-state index in [0.717, 1.165) is 43.4 Å². The molecule has 5 rings (SSSR count). The van der Waals surface area contributed by atoms with Crippen molar-refractivity contribution >= 4 is 17.8 Å². The summed E-state index contributed by atoms with van der Waals surface area (Å²) in [5.41, 5.74) is -0.0126. The molecule has 4 saturated carbocycles. The van der Waals surface area contributed by atoms with Crippen LogP contribution < -0.4 is 21.3 Å². The number of amides is 4. The minimum absolute atomic E-state index is 0.0126. The van der Waals surface area contributed by atoms with Gasteiger partial charge in [0, 0.05) is 25.0 Å². The summed E-state index contributed by atoms with van der Waals surface area (Å²) < 4.78 is 0. The second-order valence-corrected chi connectivity index (χ2v) is 8.88. The zero-order chi connectivity index (χ0) is 18.1. The molecule has 0 spiro atoms. The van der Waals surface area contributed by atoms with Crippen LogP contribution >= 0.6 is 0 Å². The van der Waals surface area contributed by atoms with Gasteiger partial charge in [0.1, 0.15) is 6.04 Å². The summed E-state index contributed by atoms with van der Waals surface area (Å²) in [6.45, 7) is 0.968. The Morgan fingerprint density at radius 1 is 1.08 bits per heavy atom. The minimum Gasteiger partial charge on any atom is -0.354 e. The van der Waals surface area contributed by atoms with Crippen LogP contribution in [0.1, 0.15) is 57.8 Å². The lowest BCUT2D eigenvalue weighted by Crippen LogP contribution is -2.61. The van der Waals surface area contributed by atoms with Gasteiger partial charge in [0.05, 0.1) is 0 Å². The summed E-state index contributed by atoms with van der Waals surface area (Å²) >= 11 is 0. The molecule has 1 unspecified atom stereocenters. The summed E-state index contributed by atoms with van der Waals surface area (Å²) in [6, 6.07) is -0.590. The van der Waals surface area contributed by atoms with Gasteiger partial charge in [-0.3, -0.25) is 9.59 Å². The fourth-order valence-corrected chi connectivity index (χ4v) is 6.01. The number of hydrogen-bond donors (Lipinski definition) is 4. The van der Waals surface area contributed by atoms with Gasteiger partial charge in [-0.2, -0.15) is 0 Å². The van der Waals surface area contributed by atoms with E-state index in [2.05, 4.69) is 21.3 Å². The Balaban J connectivity index is 1.19. The molecule has 0 aromatic carbocycles. The zero-order valence-electron chi connectivity index (χ0n) is 15.3. The Kier molecular flexibility index (Phi) is 4.80. The maximum absolute atomic E-state index is 12.3. The van der Waals surface area contributed by atoms with Crippen LogP contribution in [0.3, 0.4) is 0 Å². The molecule has 26 heavy (non-hydrogen) atoms. The van der Waals surface area contributed by atoms with E-state index in [1.165, 1.54) is 19.3 Å². The molecule has 1 atom stereocenters. The van der Waals surface area contributed by atoms with E-state index in [-0.39, 0.29) is 29.8 Å². The Morgan fingerprint density at radius 3 is 2.35 bits per heavy atom. The number of piperidine rings is 1. The van der Waals surface area contributed by atoms with Crippen LogP contribution in [0.15, 0.2) is 0 Å². The normalized spacial score (nSPS) is 37.8. The van der Waals surface area contributed by atoms with Crippen molar-refractivity contribution in [1.29, 1.82) is 0 Å². The van der Waals surface area contributed by atoms with Crippen LogP contribution in [-0.4, -0.2) is 42.5 Å². The van der Waals surface area contributed by atoms with Gasteiger partial charge in [0.15, 0.2) is 0 Å². The van der Waals surface area contributed by atoms with Crippen molar-refractivity contribution in [1.82, 2.24) is 21.3 Å². The smallest absolute Gasteiger partial charge is 0.315 e. The van der Waals surface area contributed by atoms with Crippen LogP contribution in [0.5, 0.6) is 0 Å². The van der Waals surface area contributed by atoms with Crippen LogP contribution in [0.4, 0.5) is 4.79 Å². The molecule has 5 fully saturated rings. The summed E-state index contributed by atoms with van der Waals surface area (Å²) in [6.07, 6.45) is 9.13. The van der Waals surface area contributed by atoms with E-state index >= 15 is 0 Å². The second kappa shape index (κ2) is 7.08.